The number of ether oxygens (including phenoxy) is 2. The molecule has 0 aromatic heterocycles. The Morgan fingerprint density at radius 2 is 1.73 bits per heavy atom. The van der Waals surface area contributed by atoms with Crippen LogP contribution in [0.15, 0.2) is 60.7 Å². The third-order valence-corrected chi connectivity index (χ3v) is 6.14. The molecule has 0 saturated heterocycles. The Kier molecular flexibility index (Phi) is 5.76. The Bertz CT molecular complexity index is 851. The van der Waals surface area contributed by atoms with Gasteiger partial charge in [0.15, 0.2) is 0 Å². The summed E-state index contributed by atoms with van der Waals surface area (Å²) in [6, 6.07) is 18.2. The summed E-state index contributed by atoms with van der Waals surface area (Å²) in [4.78, 5) is 12.1. The molecule has 1 heterocycles. The third kappa shape index (κ3) is 5.17. The molecule has 0 atom stereocenters. The van der Waals surface area contributed by atoms with Crippen molar-refractivity contribution in [3.63, 3.8) is 0 Å². The molecular weight excluding hydrogens is 441 g/mol. The molecule has 0 bridgehead atoms. The van der Waals surface area contributed by atoms with E-state index in [1.807, 2.05) is 69.3 Å². The standard InChI is InChI=1S/C21H22INO3/c1-21(2,3)26-20(24)23-19-13-18(16-11-7-8-12-17(16)22-19)25-14-15-9-5-4-6-10-15/h4-13H,14H2,1-3H3,(H,23,24). The van der Waals surface area contributed by atoms with Gasteiger partial charge in [-0.15, -0.1) is 0 Å². The first-order chi connectivity index (χ1) is 12.4. The van der Waals surface area contributed by atoms with Gasteiger partial charge in [-0.25, -0.2) is 4.79 Å². The van der Waals surface area contributed by atoms with Crippen molar-refractivity contribution in [3.8, 4) is 0 Å². The minimum atomic E-state index is -0.522. The second kappa shape index (κ2) is 8.03. The lowest BCUT2D eigenvalue weighted by molar-refractivity contribution is 0.0565. The van der Waals surface area contributed by atoms with E-state index in [4.69, 9.17) is 9.47 Å². The molecule has 3 rings (SSSR count). The molecule has 0 aliphatic carbocycles. The molecule has 0 saturated carbocycles. The van der Waals surface area contributed by atoms with Gasteiger partial charge in [-0.3, -0.25) is 5.32 Å². The molecule has 0 radical (unpaired) electrons. The van der Waals surface area contributed by atoms with E-state index < -0.39 is 32.4 Å². The van der Waals surface area contributed by atoms with E-state index in [2.05, 4.69) is 17.4 Å². The lowest BCUT2D eigenvalue weighted by Gasteiger charge is -2.21. The Hall–Kier alpha value is -2.15. The van der Waals surface area contributed by atoms with Crippen molar-refractivity contribution < 1.29 is 14.3 Å². The Labute approximate surface area is 164 Å². The average molecular weight is 463 g/mol. The quantitative estimate of drug-likeness (QED) is 0.646. The lowest BCUT2D eigenvalue weighted by Crippen LogP contribution is -2.35. The summed E-state index contributed by atoms with van der Waals surface area (Å²) in [5.41, 5.74) is 1.69. The van der Waals surface area contributed by atoms with Gasteiger partial charge in [0.05, 0.1) is 3.63 Å². The van der Waals surface area contributed by atoms with E-state index in [1.165, 1.54) is 3.57 Å². The van der Waals surface area contributed by atoms with Crippen LogP contribution in [0.2, 0.25) is 0 Å². The monoisotopic (exact) mass is 463 g/mol. The van der Waals surface area contributed by atoms with Crippen LogP contribution in [0.5, 0.6) is 0 Å². The topological polar surface area (TPSA) is 47.6 Å². The molecule has 26 heavy (non-hydrogen) atoms. The van der Waals surface area contributed by atoms with Gasteiger partial charge in [-0.05, 0) is 32.4 Å². The van der Waals surface area contributed by atoms with Crippen molar-refractivity contribution >= 4 is 36.2 Å². The number of hydrogen-bond acceptors (Lipinski definition) is 3. The number of amides is 1. The fourth-order valence-corrected chi connectivity index (χ4v) is 4.93. The van der Waals surface area contributed by atoms with Crippen LogP contribution < -0.4 is 5.32 Å². The number of rotatable bonds is 4. The molecule has 1 aliphatic heterocycles. The van der Waals surface area contributed by atoms with Gasteiger partial charge in [-0.1, -0.05) is 69.3 Å². The summed E-state index contributed by atoms with van der Waals surface area (Å²) in [6.45, 7) is 6.05. The van der Waals surface area contributed by atoms with E-state index in [9.17, 15) is 4.79 Å². The minimum absolute atomic E-state index is 0.426. The number of halogens is 1. The predicted molar refractivity (Wildman–Crippen MR) is 113 cm³/mol. The highest BCUT2D eigenvalue weighted by Gasteiger charge is 2.20. The molecule has 136 valence electrons. The number of alkyl carbamates (subject to hydrolysis) is 1. The molecule has 0 fully saturated rings. The highest BCUT2D eigenvalue weighted by molar-refractivity contribution is 14.2. The van der Waals surface area contributed by atoms with Gasteiger partial charge in [0.1, 0.15) is 18.0 Å². The van der Waals surface area contributed by atoms with Crippen molar-refractivity contribution in [3.05, 3.63) is 75.4 Å². The van der Waals surface area contributed by atoms with Crippen LogP contribution in [0, 0.1) is 3.57 Å². The maximum absolute atomic E-state index is 12.1. The fraction of sp³-hybridized carbons (Fsp3) is 0.238. The maximum atomic E-state index is 12.1. The van der Waals surface area contributed by atoms with E-state index in [1.54, 1.807) is 0 Å². The smallest absolute Gasteiger partial charge is 0.412 e. The zero-order valence-corrected chi connectivity index (χ0v) is 17.2. The maximum Gasteiger partial charge on any atom is 0.412 e. The average Bonchev–Trinajstić information content (AvgIpc) is 2.59. The molecular formula is C21H22INO3. The summed E-state index contributed by atoms with van der Waals surface area (Å²) < 4.78 is 13.5. The molecule has 1 amide bonds. The Balaban J connectivity index is 1.79. The third-order valence-electron chi connectivity index (χ3n) is 3.46. The molecule has 2 aromatic carbocycles. The first kappa shape index (κ1) is 18.6. The van der Waals surface area contributed by atoms with E-state index in [0.717, 1.165) is 20.5 Å². The summed E-state index contributed by atoms with van der Waals surface area (Å²) in [5, 5.41) is 2.89. The zero-order chi connectivity index (χ0) is 18.6. The van der Waals surface area contributed by atoms with Crippen molar-refractivity contribution in [2.24, 2.45) is 0 Å². The highest BCUT2D eigenvalue weighted by Crippen LogP contribution is 2.31. The van der Waals surface area contributed by atoms with Crippen LogP contribution in [0.25, 0.3) is 5.76 Å². The largest absolute Gasteiger partial charge is 0.488 e. The Morgan fingerprint density at radius 1 is 1.04 bits per heavy atom. The number of nitrogens with one attached hydrogen (secondary N) is 1. The first-order valence-corrected chi connectivity index (χ1v) is 10.6. The number of carbonyl (C=O) groups is 1. The van der Waals surface area contributed by atoms with Crippen molar-refractivity contribution in [1.29, 1.82) is 0 Å². The van der Waals surface area contributed by atoms with Crippen molar-refractivity contribution in [1.82, 2.24) is 5.32 Å². The van der Waals surface area contributed by atoms with Gasteiger partial charge < -0.3 is 9.47 Å². The lowest BCUT2D eigenvalue weighted by atomic mass is 10.1. The summed E-state index contributed by atoms with van der Waals surface area (Å²) in [5.74, 6) is 0.779. The molecule has 1 N–H and O–H groups in total. The van der Waals surface area contributed by atoms with Crippen LogP contribution in [-0.2, 0) is 16.1 Å². The second-order valence-corrected chi connectivity index (χ2v) is 9.70. The summed E-state index contributed by atoms with van der Waals surface area (Å²) >= 11 is -0.493. The van der Waals surface area contributed by atoms with Crippen LogP contribution in [0.4, 0.5) is 4.79 Å². The van der Waals surface area contributed by atoms with Crippen LogP contribution in [0.1, 0.15) is 31.9 Å². The van der Waals surface area contributed by atoms with Gasteiger partial charge in [-0.2, -0.15) is 0 Å². The van der Waals surface area contributed by atoms with Crippen LogP contribution >= 0.6 is 20.7 Å². The SMILES string of the molecule is CC(C)(C)OC(=O)NC1=Ic2ccccc2C(OCc2ccccc2)=C1. The molecule has 0 unspecified atom stereocenters. The number of fused-ring (bicyclic) bond motifs is 1. The molecule has 2 aromatic rings. The number of carbonyl (C=O) groups excluding carboxylic acids is 1. The van der Waals surface area contributed by atoms with Gasteiger partial charge >= 0.3 is 6.09 Å². The Morgan fingerprint density at radius 3 is 2.46 bits per heavy atom. The minimum Gasteiger partial charge on any atom is -0.488 e. The van der Waals surface area contributed by atoms with E-state index in [0.29, 0.717) is 6.61 Å². The molecule has 4 nitrogen and oxygen atoms in total. The van der Waals surface area contributed by atoms with Crippen LogP contribution in [0.3, 0.4) is 0 Å². The molecule has 0 spiro atoms. The zero-order valence-electron chi connectivity index (χ0n) is 15.1. The summed E-state index contributed by atoms with van der Waals surface area (Å²) in [6.07, 6.45) is 1.51. The molecule has 1 aliphatic rings. The van der Waals surface area contributed by atoms with Crippen molar-refractivity contribution in [2.75, 3.05) is 0 Å². The van der Waals surface area contributed by atoms with Gasteiger partial charge in [0.25, 0.3) is 0 Å². The van der Waals surface area contributed by atoms with Gasteiger partial charge in [0, 0.05) is 15.2 Å². The number of benzene rings is 2. The predicted octanol–water partition coefficient (Wildman–Crippen LogP) is 5.05. The van der Waals surface area contributed by atoms with E-state index in [-0.39, 0.29) is 0 Å². The van der Waals surface area contributed by atoms with Crippen molar-refractivity contribution in [2.45, 2.75) is 33.0 Å². The van der Waals surface area contributed by atoms with E-state index >= 15 is 0 Å². The first-order valence-electron chi connectivity index (χ1n) is 8.40. The second-order valence-electron chi connectivity index (χ2n) is 6.83. The van der Waals surface area contributed by atoms with Crippen LogP contribution in [-0.4, -0.2) is 15.3 Å². The highest BCUT2D eigenvalue weighted by atomic mass is 127. The summed E-state index contributed by atoms with van der Waals surface area (Å²) in [7, 11) is 0. The normalized spacial score (nSPS) is 13.5. The van der Waals surface area contributed by atoms with Gasteiger partial charge in [0.2, 0.25) is 0 Å². The fourth-order valence-electron chi connectivity index (χ4n) is 2.39. The molecule has 5 heteroatoms. The number of hydrogen-bond donors (Lipinski definition) is 1.